The van der Waals surface area contributed by atoms with E-state index >= 15 is 0 Å². The molecule has 0 saturated heterocycles. The Morgan fingerprint density at radius 2 is 1.88 bits per heavy atom. The lowest BCUT2D eigenvalue weighted by Gasteiger charge is -2.23. The summed E-state index contributed by atoms with van der Waals surface area (Å²) in [5.74, 6) is 0.175. The third kappa shape index (κ3) is 4.19. The lowest BCUT2D eigenvalue weighted by atomic mass is 10.1. The van der Waals surface area contributed by atoms with E-state index in [4.69, 9.17) is 4.74 Å². The highest BCUT2D eigenvalue weighted by Crippen LogP contribution is 2.14. The van der Waals surface area contributed by atoms with Crippen LogP contribution in [0.3, 0.4) is 0 Å². The van der Waals surface area contributed by atoms with E-state index in [1.165, 1.54) is 0 Å². The molecule has 0 aliphatic heterocycles. The molecule has 94 valence electrons. The maximum absolute atomic E-state index is 11.4. The topological polar surface area (TPSA) is 38.3 Å². The van der Waals surface area contributed by atoms with Gasteiger partial charge in [0.25, 0.3) is 0 Å². The van der Waals surface area contributed by atoms with Crippen molar-refractivity contribution in [3.8, 4) is 0 Å². The van der Waals surface area contributed by atoms with Gasteiger partial charge in [0.15, 0.2) is 5.78 Å². The number of rotatable bonds is 6. The molecular weight excluding hydrogens is 214 g/mol. The Kier molecular flexibility index (Phi) is 4.70. The molecular formula is C14H21NO2. The molecule has 1 aromatic rings. The van der Waals surface area contributed by atoms with Gasteiger partial charge in [-0.3, -0.25) is 4.79 Å². The zero-order valence-corrected chi connectivity index (χ0v) is 11.0. The fourth-order valence-electron chi connectivity index (χ4n) is 1.37. The van der Waals surface area contributed by atoms with Crippen molar-refractivity contribution in [3.63, 3.8) is 0 Å². The van der Waals surface area contributed by atoms with Gasteiger partial charge >= 0.3 is 0 Å². The zero-order valence-electron chi connectivity index (χ0n) is 11.0. The number of ketones is 1. The predicted octanol–water partition coefficient (Wildman–Crippen LogP) is 3.12. The van der Waals surface area contributed by atoms with E-state index in [1.54, 1.807) is 7.11 Å². The highest BCUT2D eigenvalue weighted by molar-refractivity contribution is 5.96. The normalized spacial score (nSPS) is 11.3. The Morgan fingerprint density at radius 1 is 1.29 bits per heavy atom. The van der Waals surface area contributed by atoms with Crippen molar-refractivity contribution in [1.82, 2.24) is 0 Å². The van der Waals surface area contributed by atoms with Crippen molar-refractivity contribution < 1.29 is 9.53 Å². The fraction of sp³-hybridized carbons (Fsp3) is 0.500. The number of carbonyl (C=O) groups is 1. The van der Waals surface area contributed by atoms with E-state index < -0.39 is 0 Å². The molecule has 1 aromatic carbocycles. The van der Waals surface area contributed by atoms with Crippen LogP contribution in [0.5, 0.6) is 0 Å². The second-order valence-corrected chi connectivity index (χ2v) is 4.67. The summed E-state index contributed by atoms with van der Waals surface area (Å²) in [5, 5.41) is 3.28. The van der Waals surface area contributed by atoms with Crippen molar-refractivity contribution in [2.45, 2.75) is 32.8 Å². The van der Waals surface area contributed by atoms with Crippen LogP contribution in [-0.4, -0.2) is 25.0 Å². The zero-order chi connectivity index (χ0) is 12.9. The van der Waals surface area contributed by atoms with Gasteiger partial charge in [-0.2, -0.15) is 0 Å². The van der Waals surface area contributed by atoms with Crippen LogP contribution in [0.15, 0.2) is 24.3 Å². The van der Waals surface area contributed by atoms with E-state index in [2.05, 4.69) is 5.32 Å². The predicted molar refractivity (Wildman–Crippen MR) is 70.6 cm³/mol. The number of hydrogen-bond acceptors (Lipinski definition) is 3. The lowest BCUT2D eigenvalue weighted by Crippen LogP contribution is -2.32. The van der Waals surface area contributed by atoms with Crippen LogP contribution in [0, 0.1) is 0 Å². The first-order chi connectivity index (χ1) is 7.98. The van der Waals surface area contributed by atoms with E-state index in [0.717, 1.165) is 17.8 Å². The van der Waals surface area contributed by atoms with E-state index in [0.29, 0.717) is 6.42 Å². The first-order valence-electron chi connectivity index (χ1n) is 5.91. The first-order valence-corrected chi connectivity index (χ1v) is 5.91. The quantitative estimate of drug-likeness (QED) is 0.770. The van der Waals surface area contributed by atoms with Crippen molar-refractivity contribution >= 4 is 11.5 Å². The number of hydrogen-bond donors (Lipinski definition) is 1. The highest BCUT2D eigenvalue weighted by atomic mass is 16.5. The van der Waals surface area contributed by atoms with Crippen LogP contribution in [0.4, 0.5) is 5.69 Å². The number of methoxy groups -OCH3 is 1. The summed E-state index contributed by atoms with van der Waals surface area (Å²) in [4.78, 5) is 11.4. The van der Waals surface area contributed by atoms with Gasteiger partial charge in [-0.15, -0.1) is 0 Å². The molecule has 0 saturated carbocycles. The molecule has 0 amide bonds. The summed E-state index contributed by atoms with van der Waals surface area (Å²) in [6, 6.07) is 7.56. The molecule has 0 aromatic heterocycles. The fourth-order valence-corrected chi connectivity index (χ4v) is 1.37. The number of ether oxygens (including phenoxy) is 1. The summed E-state index contributed by atoms with van der Waals surface area (Å²) >= 11 is 0. The van der Waals surface area contributed by atoms with Crippen molar-refractivity contribution in [3.05, 3.63) is 29.8 Å². The molecule has 0 atom stereocenters. The molecule has 0 bridgehead atoms. The van der Waals surface area contributed by atoms with Gasteiger partial charge in [-0.05, 0) is 38.1 Å². The number of benzene rings is 1. The SMILES string of the molecule is CCC(=O)c1ccc(NCC(C)(C)OC)cc1. The molecule has 3 nitrogen and oxygen atoms in total. The molecule has 17 heavy (non-hydrogen) atoms. The average Bonchev–Trinajstić information content (AvgIpc) is 2.36. The molecule has 0 spiro atoms. The summed E-state index contributed by atoms with van der Waals surface area (Å²) in [5.41, 5.74) is 1.57. The summed E-state index contributed by atoms with van der Waals surface area (Å²) in [6.07, 6.45) is 0.545. The van der Waals surface area contributed by atoms with Gasteiger partial charge in [-0.1, -0.05) is 6.92 Å². The van der Waals surface area contributed by atoms with Gasteiger partial charge < -0.3 is 10.1 Å². The number of carbonyl (C=O) groups excluding carboxylic acids is 1. The lowest BCUT2D eigenvalue weighted by molar-refractivity contribution is 0.0344. The van der Waals surface area contributed by atoms with Gasteiger partial charge in [0.2, 0.25) is 0 Å². The Hall–Kier alpha value is -1.35. The van der Waals surface area contributed by atoms with Gasteiger partial charge in [0.05, 0.1) is 5.60 Å². The summed E-state index contributed by atoms with van der Waals surface area (Å²) in [7, 11) is 1.70. The largest absolute Gasteiger partial charge is 0.382 e. The molecule has 1 N–H and O–H groups in total. The second kappa shape index (κ2) is 5.82. The smallest absolute Gasteiger partial charge is 0.162 e. The molecule has 0 radical (unpaired) electrons. The molecule has 0 aliphatic rings. The number of Topliss-reactive ketones (excluding diaryl/α,β-unsaturated/α-hetero) is 1. The number of anilines is 1. The van der Waals surface area contributed by atoms with Crippen LogP contribution >= 0.6 is 0 Å². The monoisotopic (exact) mass is 235 g/mol. The Bertz CT molecular complexity index is 368. The standard InChI is InChI=1S/C14H21NO2/c1-5-13(16)11-6-8-12(9-7-11)15-10-14(2,3)17-4/h6-9,15H,5,10H2,1-4H3. The van der Waals surface area contributed by atoms with Crippen LogP contribution in [0.2, 0.25) is 0 Å². The molecule has 0 fully saturated rings. The average molecular weight is 235 g/mol. The van der Waals surface area contributed by atoms with Crippen LogP contribution in [0.1, 0.15) is 37.6 Å². The van der Waals surface area contributed by atoms with Gasteiger partial charge in [0.1, 0.15) is 0 Å². The van der Waals surface area contributed by atoms with E-state index in [1.807, 2.05) is 45.0 Å². The third-order valence-electron chi connectivity index (χ3n) is 2.80. The molecule has 3 heteroatoms. The Morgan fingerprint density at radius 3 is 2.35 bits per heavy atom. The maximum atomic E-state index is 11.4. The van der Waals surface area contributed by atoms with E-state index in [9.17, 15) is 4.79 Å². The molecule has 0 unspecified atom stereocenters. The second-order valence-electron chi connectivity index (χ2n) is 4.67. The Balaban J connectivity index is 2.60. The van der Waals surface area contributed by atoms with Crippen LogP contribution in [0.25, 0.3) is 0 Å². The summed E-state index contributed by atoms with van der Waals surface area (Å²) < 4.78 is 5.32. The summed E-state index contributed by atoms with van der Waals surface area (Å²) in [6.45, 7) is 6.64. The van der Waals surface area contributed by atoms with E-state index in [-0.39, 0.29) is 11.4 Å². The van der Waals surface area contributed by atoms with Gasteiger partial charge in [0, 0.05) is 31.3 Å². The van der Waals surface area contributed by atoms with Gasteiger partial charge in [-0.25, -0.2) is 0 Å². The first kappa shape index (κ1) is 13.7. The Labute approximate surface area is 103 Å². The van der Waals surface area contributed by atoms with Crippen molar-refractivity contribution in [2.75, 3.05) is 19.0 Å². The number of nitrogens with one attached hydrogen (secondary N) is 1. The highest BCUT2D eigenvalue weighted by Gasteiger charge is 2.15. The maximum Gasteiger partial charge on any atom is 0.162 e. The van der Waals surface area contributed by atoms with Crippen molar-refractivity contribution in [1.29, 1.82) is 0 Å². The molecule has 1 rings (SSSR count). The third-order valence-corrected chi connectivity index (χ3v) is 2.80. The minimum absolute atomic E-state index is 0.175. The minimum atomic E-state index is -0.197. The molecule has 0 aliphatic carbocycles. The van der Waals surface area contributed by atoms with Crippen molar-refractivity contribution in [2.24, 2.45) is 0 Å². The molecule has 0 heterocycles. The minimum Gasteiger partial charge on any atom is -0.382 e. The van der Waals surface area contributed by atoms with Crippen LogP contribution < -0.4 is 5.32 Å². The van der Waals surface area contributed by atoms with Crippen LogP contribution in [-0.2, 0) is 4.74 Å².